The van der Waals surface area contributed by atoms with Crippen molar-refractivity contribution in [1.29, 1.82) is 0 Å². The van der Waals surface area contributed by atoms with E-state index < -0.39 is 0 Å². The van der Waals surface area contributed by atoms with Crippen molar-refractivity contribution in [2.45, 2.75) is 53.0 Å². The minimum atomic E-state index is 0.422. The summed E-state index contributed by atoms with van der Waals surface area (Å²) in [7, 11) is 0. The molecule has 3 rings (SSSR count). The van der Waals surface area contributed by atoms with Crippen LogP contribution in [-0.2, 0) is 6.54 Å². The molecular formula is C22H28N4O. The number of aryl methyl sites for hydroxylation is 1. The van der Waals surface area contributed by atoms with E-state index in [1.807, 2.05) is 25.1 Å². The highest BCUT2D eigenvalue weighted by molar-refractivity contribution is 5.67. The second kappa shape index (κ2) is 8.25. The van der Waals surface area contributed by atoms with Crippen molar-refractivity contribution in [3.63, 3.8) is 0 Å². The third-order valence-electron chi connectivity index (χ3n) is 4.48. The molecule has 0 atom stereocenters. The smallest absolute Gasteiger partial charge is 0.225 e. The Kier molecular flexibility index (Phi) is 5.79. The first kappa shape index (κ1) is 19.0. The number of para-hydroxylation sites is 1. The molecule has 142 valence electrons. The summed E-state index contributed by atoms with van der Waals surface area (Å²) in [6.07, 6.45) is 1.66. The molecule has 0 bridgehead atoms. The Bertz CT molecular complexity index is 859. The molecule has 0 spiro atoms. The van der Waals surface area contributed by atoms with Gasteiger partial charge in [-0.05, 0) is 42.0 Å². The number of benzene rings is 1. The molecule has 1 aromatic carbocycles. The molecule has 5 nitrogen and oxygen atoms in total. The molecule has 0 aliphatic heterocycles. The fourth-order valence-electron chi connectivity index (χ4n) is 3.11. The molecule has 0 saturated carbocycles. The quantitative estimate of drug-likeness (QED) is 0.540. The highest BCUT2D eigenvalue weighted by Gasteiger charge is 2.15. The van der Waals surface area contributed by atoms with Gasteiger partial charge in [0, 0.05) is 17.4 Å². The minimum absolute atomic E-state index is 0.422. The Balaban J connectivity index is 1.89. The van der Waals surface area contributed by atoms with Crippen LogP contribution in [-0.4, -0.2) is 9.97 Å². The number of aromatic nitrogens is 2. The summed E-state index contributed by atoms with van der Waals surface area (Å²) in [6.45, 7) is 11.4. The van der Waals surface area contributed by atoms with E-state index in [1.165, 1.54) is 11.1 Å². The van der Waals surface area contributed by atoms with E-state index in [4.69, 9.17) is 4.42 Å². The zero-order chi connectivity index (χ0) is 19.4. The van der Waals surface area contributed by atoms with Gasteiger partial charge >= 0.3 is 0 Å². The standard InChI is InChI=1S/C22H28N4O/c1-14(2)18-9-6-10-19(15(3)4)21(18)25-20-12-16(5)24-22(26-20)23-13-17-8-7-11-27-17/h6-12,14-15H,13H2,1-5H3,(H2,23,24,25,26). The SMILES string of the molecule is Cc1cc(Nc2c(C(C)C)cccc2C(C)C)nc(NCc2ccco2)n1. The van der Waals surface area contributed by atoms with E-state index in [0.717, 1.165) is 23.0 Å². The third-order valence-corrected chi connectivity index (χ3v) is 4.48. The van der Waals surface area contributed by atoms with Crippen LogP contribution >= 0.6 is 0 Å². The number of nitrogens with one attached hydrogen (secondary N) is 2. The van der Waals surface area contributed by atoms with Gasteiger partial charge in [-0.15, -0.1) is 0 Å². The van der Waals surface area contributed by atoms with Gasteiger partial charge in [0.15, 0.2) is 0 Å². The molecule has 0 saturated heterocycles. The van der Waals surface area contributed by atoms with E-state index in [9.17, 15) is 0 Å². The normalized spacial score (nSPS) is 11.2. The van der Waals surface area contributed by atoms with Crippen molar-refractivity contribution in [3.05, 3.63) is 65.2 Å². The van der Waals surface area contributed by atoms with Crippen molar-refractivity contribution < 1.29 is 4.42 Å². The lowest BCUT2D eigenvalue weighted by Crippen LogP contribution is -2.08. The van der Waals surface area contributed by atoms with Crippen LogP contribution in [0.5, 0.6) is 0 Å². The maximum Gasteiger partial charge on any atom is 0.225 e. The minimum Gasteiger partial charge on any atom is -0.467 e. The summed E-state index contributed by atoms with van der Waals surface area (Å²) < 4.78 is 5.36. The van der Waals surface area contributed by atoms with E-state index >= 15 is 0 Å². The molecule has 0 amide bonds. The highest BCUT2D eigenvalue weighted by atomic mass is 16.3. The molecule has 27 heavy (non-hydrogen) atoms. The van der Waals surface area contributed by atoms with Crippen LogP contribution in [0, 0.1) is 6.92 Å². The second-order valence-corrected chi connectivity index (χ2v) is 7.40. The molecule has 3 aromatic rings. The van der Waals surface area contributed by atoms with Gasteiger partial charge in [0.05, 0.1) is 12.8 Å². The molecule has 5 heteroatoms. The van der Waals surface area contributed by atoms with Gasteiger partial charge in [0.25, 0.3) is 0 Å². The van der Waals surface area contributed by atoms with E-state index in [0.29, 0.717) is 24.3 Å². The topological polar surface area (TPSA) is 63.0 Å². The average Bonchev–Trinajstić information content (AvgIpc) is 3.13. The summed E-state index contributed by atoms with van der Waals surface area (Å²) >= 11 is 0. The number of furan rings is 1. The molecule has 0 radical (unpaired) electrons. The first-order valence-corrected chi connectivity index (χ1v) is 9.45. The second-order valence-electron chi connectivity index (χ2n) is 7.40. The monoisotopic (exact) mass is 364 g/mol. The van der Waals surface area contributed by atoms with Crippen LogP contribution in [0.2, 0.25) is 0 Å². The number of anilines is 3. The molecule has 0 unspecified atom stereocenters. The zero-order valence-electron chi connectivity index (χ0n) is 16.7. The molecule has 2 N–H and O–H groups in total. The summed E-state index contributed by atoms with van der Waals surface area (Å²) in [6, 6.07) is 12.3. The number of rotatable bonds is 7. The Labute approximate surface area is 161 Å². The number of hydrogen-bond donors (Lipinski definition) is 2. The summed E-state index contributed by atoms with van der Waals surface area (Å²) in [5, 5.41) is 6.80. The summed E-state index contributed by atoms with van der Waals surface area (Å²) in [4.78, 5) is 9.14. The lowest BCUT2D eigenvalue weighted by atomic mass is 9.92. The first-order valence-electron chi connectivity index (χ1n) is 9.45. The molecular weight excluding hydrogens is 336 g/mol. The molecule has 0 aliphatic carbocycles. The van der Waals surface area contributed by atoms with Gasteiger partial charge in [0.1, 0.15) is 11.6 Å². The fourth-order valence-corrected chi connectivity index (χ4v) is 3.11. The van der Waals surface area contributed by atoms with E-state index in [1.54, 1.807) is 6.26 Å². The lowest BCUT2D eigenvalue weighted by molar-refractivity contribution is 0.517. The van der Waals surface area contributed by atoms with Crippen molar-refractivity contribution in [3.8, 4) is 0 Å². The Morgan fingerprint density at radius 1 is 0.963 bits per heavy atom. The van der Waals surface area contributed by atoms with Crippen molar-refractivity contribution in [2.75, 3.05) is 10.6 Å². The third kappa shape index (κ3) is 4.67. The highest BCUT2D eigenvalue weighted by Crippen LogP contribution is 2.34. The molecule has 2 aromatic heterocycles. The van der Waals surface area contributed by atoms with Gasteiger partial charge in [-0.1, -0.05) is 45.9 Å². The Morgan fingerprint density at radius 2 is 1.67 bits per heavy atom. The Morgan fingerprint density at radius 3 is 2.26 bits per heavy atom. The van der Waals surface area contributed by atoms with Crippen LogP contribution in [0.3, 0.4) is 0 Å². The molecule has 2 heterocycles. The number of nitrogens with zero attached hydrogens (tertiary/aromatic N) is 2. The average molecular weight is 364 g/mol. The zero-order valence-corrected chi connectivity index (χ0v) is 16.7. The largest absolute Gasteiger partial charge is 0.467 e. The predicted octanol–water partition coefficient (Wildman–Crippen LogP) is 5.98. The van der Waals surface area contributed by atoms with Crippen molar-refractivity contribution >= 4 is 17.5 Å². The van der Waals surface area contributed by atoms with E-state index in [-0.39, 0.29) is 0 Å². The van der Waals surface area contributed by atoms with Crippen molar-refractivity contribution in [2.24, 2.45) is 0 Å². The summed E-state index contributed by atoms with van der Waals surface area (Å²) in [5.41, 5.74) is 4.64. The van der Waals surface area contributed by atoms with Gasteiger partial charge < -0.3 is 15.1 Å². The predicted molar refractivity (Wildman–Crippen MR) is 111 cm³/mol. The van der Waals surface area contributed by atoms with Crippen LogP contribution < -0.4 is 10.6 Å². The molecule has 0 fully saturated rings. The summed E-state index contributed by atoms with van der Waals surface area (Å²) in [5.74, 6) is 3.07. The van der Waals surface area contributed by atoms with Gasteiger partial charge in [-0.2, -0.15) is 4.98 Å². The molecule has 0 aliphatic rings. The van der Waals surface area contributed by atoms with Crippen LogP contribution in [0.15, 0.2) is 47.1 Å². The fraction of sp³-hybridized carbons (Fsp3) is 0.364. The maximum absolute atomic E-state index is 5.36. The van der Waals surface area contributed by atoms with Crippen LogP contribution in [0.25, 0.3) is 0 Å². The first-order chi connectivity index (χ1) is 12.9. The van der Waals surface area contributed by atoms with Gasteiger partial charge in [-0.3, -0.25) is 0 Å². The van der Waals surface area contributed by atoms with E-state index in [2.05, 4.69) is 66.5 Å². The Hall–Kier alpha value is -2.82. The number of hydrogen-bond acceptors (Lipinski definition) is 5. The van der Waals surface area contributed by atoms with Gasteiger partial charge in [0.2, 0.25) is 5.95 Å². The van der Waals surface area contributed by atoms with Crippen LogP contribution in [0.1, 0.15) is 62.1 Å². The lowest BCUT2D eigenvalue weighted by Gasteiger charge is -2.21. The maximum atomic E-state index is 5.36. The van der Waals surface area contributed by atoms with Gasteiger partial charge in [-0.25, -0.2) is 4.98 Å². The van der Waals surface area contributed by atoms with Crippen molar-refractivity contribution in [1.82, 2.24) is 9.97 Å². The van der Waals surface area contributed by atoms with Crippen LogP contribution in [0.4, 0.5) is 17.5 Å².